The van der Waals surface area contributed by atoms with Gasteiger partial charge in [0.25, 0.3) is 0 Å². The van der Waals surface area contributed by atoms with Crippen molar-refractivity contribution in [2.75, 3.05) is 13.1 Å². The zero-order chi connectivity index (χ0) is 19.0. The minimum Gasteiger partial charge on any atom is -0.508 e. The van der Waals surface area contributed by atoms with E-state index in [4.69, 9.17) is 0 Å². The number of hydrogen-bond donors (Lipinski definition) is 3. The van der Waals surface area contributed by atoms with Crippen LogP contribution in [0.3, 0.4) is 0 Å². The Labute approximate surface area is 173 Å². The van der Waals surface area contributed by atoms with E-state index in [-0.39, 0.29) is 29.7 Å². The van der Waals surface area contributed by atoms with Gasteiger partial charge in [0.05, 0.1) is 12.1 Å². The van der Waals surface area contributed by atoms with Crippen LogP contribution >= 0.6 is 24.0 Å². The van der Waals surface area contributed by atoms with Gasteiger partial charge in [-0.3, -0.25) is 0 Å². The highest BCUT2D eigenvalue weighted by Crippen LogP contribution is 2.29. The van der Waals surface area contributed by atoms with E-state index in [9.17, 15) is 18.3 Å². The van der Waals surface area contributed by atoms with Gasteiger partial charge < -0.3 is 15.7 Å². The third kappa shape index (κ3) is 8.06. The summed E-state index contributed by atoms with van der Waals surface area (Å²) >= 11 is 0. The first-order valence-electron chi connectivity index (χ1n) is 8.34. The summed E-state index contributed by atoms with van der Waals surface area (Å²) < 4.78 is 37.7. The van der Waals surface area contributed by atoms with Gasteiger partial charge in [0, 0.05) is 13.1 Å². The number of alkyl halides is 3. The summed E-state index contributed by atoms with van der Waals surface area (Å²) in [6, 6.07) is 12.0. The van der Waals surface area contributed by atoms with Crippen LogP contribution in [-0.2, 0) is 19.1 Å². The molecule has 0 atom stereocenters. The lowest BCUT2D eigenvalue weighted by molar-refractivity contribution is -0.137. The molecule has 0 amide bonds. The molecule has 0 saturated heterocycles. The molecule has 4 nitrogen and oxygen atoms in total. The highest BCUT2D eigenvalue weighted by molar-refractivity contribution is 14.0. The van der Waals surface area contributed by atoms with Crippen LogP contribution in [-0.4, -0.2) is 24.2 Å². The number of aromatic hydroxyl groups is 1. The summed E-state index contributed by atoms with van der Waals surface area (Å²) in [6.45, 7) is 3.58. The standard InChI is InChI=1S/C19H22F3N3O.HI/c1-2-23-18(25-13-15-4-3-5-17(26)12-15)24-11-10-14-6-8-16(9-7-14)19(20,21)22;/h3-9,12,26H,2,10-11,13H2,1H3,(H2,23,24,25);1H. The number of nitrogens with zero attached hydrogens (tertiary/aromatic N) is 1. The first-order valence-corrected chi connectivity index (χ1v) is 8.34. The van der Waals surface area contributed by atoms with Crippen molar-refractivity contribution in [1.29, 1.82) is 0 Å². The van der Waals surface area contributed by atoms with Crippen LogP contribution in [0, 0.1) is 0 Å². The van der Waals surface area contributed by atoms with Crippen molar-refractivity contribution in [2.45, 2.75) is 26.1 Å². The molecule has 148 valence electrons. The Morgan fingerprint density at radius 2 is 1.74 bits per heavy atom. The van der Waals surface area contributed by atoms with E-state index >= 15 is 0 Å². The maximum absolute atomic E-state index is 12.6. The minimum absolute atomic E-state index is 0. The molecule has 0 unspecified atom stereocenters. The Kier molecular flexibility index (Phi) is 9.40. The number of nitrogens with one attached hydrogen (secondary N) is 2. The molecule has 0 aromatic heterocycles. The Morgan fingerprint density at radius 3 is 2.33 bits per heavy atom. The summed E-state index contributed by atoms with van der Waals surface area (Å²) in [5, 5.41) is 15.7. The summed E-state index contributed by atoms with van der Waals surface area (Å²) in [5.74, 6) is 0.806. The zero-order valence-electron chi connectivity index (χ0n) is 14.9. The number of benzene rings is 2. The van der Waals surface area contributed by atoms with Gasteiger partial charge in [-0.1, -0.05) is 24.3 Å². The van der Waals surface area contributed by atoms with E-state index in [1.807, 2.05) is 13.0 Å². The number of rotatable bonds is 6. The van der Waals surface area contributed by atoms with Gasteiger partial charge in [0.2, 0.25) is 0 Å². The molecule has 0 fully saturated rings. The van der Waals surface area contributed by atoms with Crippen LogP contribution in [0.2, 0.25) is 0 Å². The number of aliphatic imine (C=N–C) groups is 1. The molecular weight excluding hydrogens is 470 g/mol. The summed E-state index contributed by atoms with van der Waals surface area (Å²) in [4.78, 5) is 4.44. The van der Waals surface area contributed by atoms with E-state index < -0.39 is 11.7 Å². The van der Waals surface area contributed by atoms with Crippen LogP contribution in [0.15, 0.2) is 53.5 Å². The van der Waals surface area contributed by atoms with Gasteiger partial charge in [-0.05, 0) is 48.7 Å². The van der Waals surface area contributed by atoms with Gasteiger partial charge in [0.1, 0.15) is 5.75 Å². The third-order valence-corrected chi connectivity index (χ3v) is 3.66. The predicted molar refractivity (Wildman–Crippen MR) is 111 cm³/mol. The van der Waals surface area contributed by atoms with Crippen LogP contribution in [0.1, 0.15) is 23.6 Å². The average molecular weight is 493 g/mol. The molecule has 0 bridgehead atoms. The quantitative estimate of drug-likeness (QED) is 0.319. The smallest absolute Gasteiger partial charge is 0.416 e. The van der Waals surface area contributed by atoms with E-state index in [2.05, 4.69) is 15.6 Å². The molecule has 3 N–H and O–H groups in total. The van der Waals surface area contributed by atoms with Crippen LogP contribution < -0.4 is 10.6 Å². The minimum atomic E-state index is -4.31. The van der Waals surface area contributed by atoms with Crippen molar-refractivity contribution in [2.24, 2.45) is 4.99 Å². The van der Waals surface area contributed by atoms with Crippen LogP contribution in [0.4, 0.5) is 13.2 Å². The molecule has 8 heteroatoms. The van der Waals surface area contributed by atoms with Crippen molar-refractivity contribution >= 4 is 29.9 Å². The number of phenols is 1. The average Bonchev–Trinajstić information content (AvgIpc) is 2.59. The first-order chi connectivity index (χ1) is 12.4. The van der Waals surface area contributed by atoms with Crippen molar-refractivity contribution in [3.05, 3.63) is 65.2 Å². The highest BCUT2D eigenvalue weighted by atomic mass is 127. The first kappa shape index (κ1) is 23.1. The molecule has 0 spiro atoms. The SMILES string of the molecule is CCNC(=NCc1cccc(O)c1)NCCc1ccc(C(F)(F)F)cc1.I. The van der Waals surface area contributed by atoms with Gasteiger partial charge in [-0.25, -0.2) is 4.99 Å². The maximum atomic E-state index is 12.6. The van der Waals surface area contributed by atoms with Gasteiger partial charge >= 0.3 is 6.18 Å². The van der Waals surface area contributed by atoms with E-state index in [1.165, 1.54) is 12.1 Å². The highest BCUT2D eigenvalue weighted by Gasteiger charge is 2.29. The van der Waals surface area contributed by atoms with Crippen molar-refractivity contribution in [3.63, 3.8) is 0 Å². The molecule has 27 heavy (non-hydrogen) atoms. The second-order valence-corrected chi connectivity index (χ2v) is 5.74. The molecule has 2 aromatic rings. The van der Waals surface area contributed by atoms with E-state index in [0.29, 0.717) is 32.0 Å². The summed E-state index contributed by atoms with van der Waals surface area (Å²) in [6.07, 6.45) is -3.73. The molecular formula is C19H23F3IN3O. The molecule has 0 aliphatic rings. The fraction of sp³-hybridized carbons (Fsp3) is 0.316. The third-order valence-electron chi connectivity index (χ3n) is 3.66. The maximum Gasteiger partial charge on any atom is 0.416 e. The Balaban J connectivity index is 0.00000364. The van der Waals surface area contributed by atoms with Crippen molar-refractivity contribution < 1.29 is 18.3 Å². The monoisotopic (exact) mass is 493 g/mol. The number of halogens is 4. The van der Waals surface area contributed by atoms with E-state index in [1.54, 1.807) is 18.2 Å². The second-order valence-electron chi connectivity index (χ2n) is 5.74. The topological polar surface area (TPSA) is 56.7 Å². The summed E-state index contributed by atoms with van der Waals surface area (Å²) in [5.41, 5.74) is 1.05. The molecule has 2 rings (SSSR count). The Hall–Kier alpha value is -1.97. The number of guanidine groups is 1. The lowest BCUT2D eigenvalue weighted by Gasteiger charge is -2.12. The van der Waals surface area contributed by atoms with Gasteiger partial charge in [-0.15, -0.1) is 24.0 Å². The van der Waals surface area contributed by atoms with Crippen LogP contribution in [0.5, 0.6) is 5.75 Å². The van der Waals surface area contributed by atoms with Gasteiger partial charge in [-0.2, -0.15) is 13.2 Å². The van der Waals surface area contributed by atoms with Crippen LogP contribution in [0.25, 0.3) is 0 Å². The largest absolute Gasteiger partial charge is 0.508 e. The van der Waals surface area contributed by atoms with Gasteiger partial charge in [0.15, 0.2) is 5.96 Å². The predicted octanol–water partition coefficient (Wildman–Crippen LogP) is 4.33. The normalized spacial score (nSPS) is 11.6. The molecule has 2 aromatic carbocycles. The Bertz CT molecular complexity index is 734. The second kappa shape index (κ2) is 11.0. The molecule has 0 aliphatic heterocycles. The van der Waals surface area contributed by atoms with Crippen molar-refractivity contribution in [1.82, 2.24) is 10.6 Å². The summed E-state index contributed by atoms with van der Waals surface area (Å²) in [7, 11) is 0. The zero-order valence-corrected chi connectivity index (χ0v) is 17.2. The van der Waals surface area contributed by atoms with E-state index in [0.717, 1.165) is 23.3 Å². The fourth-order valence-electron chi connectivity index (χ4n) is 2.35. The Morgan fingerprint density at radius 1 is 1.04 bits per heavy atom. The lowest BCUT2D eigenvalue weighted by Crippen LogP contribution is -2.38. The number of hydrogen-bond acceptors (Lipinski definition) is 2. The lowest BCUT2D eigenvalue weighted by atomic mass is 10.1. The molecule has 0 aliphatic carbocycles. The van der Waals surface area contributed by atoms with Crippen molar-refractivity contribution in [3.8, 4) is 5.75 Å². The number of phenolic OH excluding ortho intramolecular Hbond substituents is 1. The molecule has 0 radical (unpaired) electrons. The molecule has 0 saturated carbocycles. The fourth-order valence-corrected chi connectivity index (χ4v) is 2.35. The molecule has 0 heterocycles.